The van der Waals surface area contributed by atoms with E-state index in [0.717, 1.165) is 37.6 Å². The maximum atomic E-state index is 8.59. The van der Waals surface area contributed by atoms with Gasteiger partial charge in [0.05, 0.1) is 33.0 Å². The van der Waals surface area contributed by atoms with Gasteiger partial charge in [0.1, 0.15) is 0 Å². The lowest BCUT2D eigenvalue weighted by Gasteiger charge is -2.06. The summed E-state index contributed by atoms with van der Waals surface area (Å²) in [5.74, 6) is 2.12. The molecular weight excluding hydrogens is 254 g/mol. The van der Waals surface area contributed by atoms with Gasteiger partial charge in [-0.3, -0.25) is 0 Å². The van der Waals surface area contributed by atoms with Gasteiger partial charge in [-0.2, -0.15) is 11.8 Å². The van der Waals surface area contributed by atoms with Crippen LogP contribution in [-0.4, -0.2) is 76.5 Å². The number of nitrogens with one attached hydrogen (secondary N) is 1. The highest BCUT2D eigenvalue weighted by atomic mass is 32.2. The molecule has 0 spiro atoms. The number of methoxy groups -OCH3 is 1. The van der Waals surface area contributed by atoms with Crippen molar-refractivity contribution >= 4 is 11.8 Å². The van der Waals surface area contributed by atoms with Crippen LogP contribution in [0.25, 0.3) is 0 Å². The molecule has 0 unspecified atom stereocenters. The number of ether oxygens (including phenoxy) is 3. The zero-order chi connectivity index (χ0) is 13.3. The SMILES string of the molecule is COCCOCCOCCNCCSCCCO. The molecule has 0 aliphatic carbocycles. The molecule has 6 heteroatoms. The molecule has 2 N–H and O–H groups in total. The Morgan fingerprint density at radius 3 is 2.39 bits per heavy atom. The van der Waals surface area contributed by atoms with Gasteiger partial charge in [-0.25, -0.2) is 0 Å². The molecule has 18 heavy (non-hydrogen) atoms. The van der Waals surface area contributed by atoms with Crippen molar-refractivity contribution in [3.63, 3.8) is 0 Å². The zero-order valence-electron chi connectivity index (χ0n) is 11.4. The molecule has 0 bridgehead atoms. The third kappa shape index (κ3) is 16.1. The minimum absolute atomic E-state index is 0.292. The van der Waals surface area contributed by atoms with Crippen LogP contribution < -0.4 is 5.32 Å². The number of rotatable bonds is 15. The number of hydrogen-bond acceptors (Lipinski definition) is 6. The van der Waals surface area contributed by atoms with Gasteiger partial charge in [0.15, 0.2) is 0 Å². The zero-order valence-corrected chi connectivity index (χ0v) is 12.2. The molecule has 0 radical (unpaired) electrons. The second kappa shape index (κ2) is 17.2. The van der Waals surface area contributed by atoms with E-state index >= 15 is 0 Å². The van der Waals surface area contributed by atoms with E-state index in [1.165, 1.54) is 0 Å². The Bertz CT molecular complexity index is 136. The van der Waals surface area contributed by atoms with Gasteiger partial charge < -0.3 is 24.6 Å². The van der Waals surface area contributed by atoms with Gasteiger partial charge in [-0.15, -0.1) is 0 Å². The predicted molar refractivity (Wildman–Crippen MR) is 75.4 cm³/mol. The van der Waals surface area contributed by atoms with E-state index in [4.69, 9.17) is 19.3 Å². The molecular formula is C12H27NO4S. The van der Waals surface area contributed by atoms with E-state index < -0.39 is 0 Å². The Morgan fingerprint density at radius 1 is 0.944 bits per heavy atom. The summed E-state index contributed by atoms with van der Waals surface area (Å²) in [7, 11) is 1.66. The highest BCUT2D eigenvalue weighted by Crippen LogP contribution is 1.99. The van der Waals surface area contributed by atoms with Crippen LogP contribution in [0.15, 0.2) is 0 Å². The number of aliphatic hydroxyl groups excluding tert-OH is 1. The van der Waals surface area contributed by atoms with Crippen molar-refractivity contribution < 1.29 is 19.3 Å². The number of thioether (sulfide) groups is 1. The Morgan fingerprint density at radius 2 is 1.67 bits per heavy atom. The van der Waals surface area contributed by atoms with E-state index in [1.807, 2.05) is 11.8 Å². The molecule has 0 aromatic carbocycles. The van der Waals surface area contributed by atoms with E-state index in [9.17, 15) is 0 Å². The Balaban J connectivity index is 2.86. The van der Waals surface area contributed by atoms with Crippen molar-refractivity contribution in [2.75, 3.05) is 71.3 Å². The Kier molecular flexibility index (Phi) is 17.3. The number of hydrogen-bond donors (Lipinski definition) is 2. The minimum atomic E-state index is 0.292. The van der Waals surface area contributed by atoms with Crippen molar-refractivity contribution in [1.82, 2.24) is 5.32 Å². The molecule has 110 valence electrons. The fourth-order valence-electron chi connectivity index (χ4n) is 1.15. The molecule has 0 aromatic heterocycles. The Labute approximate surface area is 115 Å². The van der Waals surface area contributed by atoms with Gasteiger partial charge in [-0.05, 0) is 12.2 Å². The Hall–Kier alpha value is 0.150. The summed E-state index contributed by atoms with van der Waals surface area (Å²) in [6.07, 6.45) is 0.886. The van der Waals surface area contributed by atoms with Gasteiger partial charge in [-0.1, -0.05) is 0 Å². The lowest BCUT2D eigenvalue weighted by molar-refractivity contribution is 0.0256. The quantitative estimate of drug-likeness (QED) is 0.423. The molecule has 0 saturated heterocycles. The third-order valence-corrected chi connectivity index (χ3v) is 3.17. The summed E-state index contributed by atoms with van der Waals surface area (Å²) in [5, 5.41) is 11.9. The molecule has 0 fully saturated rings. The van der Waals surface area contributed by atoms with Crippen LogP contribution in [0.2, 0.25) is 0 Å². The van der Waals surface area contributed by atoms with E-state index in [0.29, 0.717) is 33.0 Å². The minimum Gasteiger partial charge on any atom is -0.396 e. The molecule has 0 aliphatic heterocycles. The fourth-order valence-corrected chi connectivity index (χ4v) is 1.97. The van der Waals surface area contributed by atoms with Gasteiger partial charge in [0.2, 0.25) is 0 Å². The molecule has 0 aliphatic rings. The normalized spacial score (nSPS) is 11.0. The van der Waals surface area contributed by atoms with E-state index in [2.05, 4.69) is 5.32 Å². The maximum Gasteiger partial charge on any atom is 0.0701 e. The molecule has 5 nitrogen and oxygen atoms in total. The first-order chi connectivity index (χ1) is 8.91. The summed E-state index contributed by atoms with van der Waals surface area (Å²) in [6.45, 7) is 5.40. The van der Waals surface area contributed by atoms with Crippen LogP contribution in [0.5, 0.6) is 0 Å². The molecule has 0 atom stereocenters. The second-order valence-corrected chi connectivity index (χ2v) is 4.88. The molecule has 0 rings (SSSR count). The van der Waals surface area contributed by atoms with Crippen molar-refractivity contribution in [2.45, 2.75) is 6.42 Å². The van der Waals surface area contributed by atoms with E-state index in [-0.39, 0.29) is 0 Å². The average molecular weight is 281 g/mol. The second-order valence-electron chi connectivity index (χ2n) is 3.66. The maximum absolute atomic E-state index is 8.59. The first-order valence-corrected chi connectivity index (χ1v) is 7.61. The summed E-state index contributed by atoms with van der Waals surface area (Å²) in [6, 6.07) is 0. The van der Waals surface area contributed by atoms with Crippen LogP contribution in [0.4, 0.5) is 0 Å². The predicted octanol–water partition coefficient (Wildman–Crippen LogP) is 0.371. The number of aliphatic hydroxyl groups is 1. The molecule has 0 heterocycles. The van der Waals surface area contributed by atoms with E-state index in [1.54, 1.807) is 7.11 Å². The van der Waals surface area contributed by atoms with Crippen LogP contribution in [0, 0.1) is 0 Å². The third-order valence-electron chi connectivity index (χ3n) is 2.10. The van der Waals surface area contributed by atoms with Gasteiger partial charge in [0.25, 0.3) is 0 Å². The molecule has 0 aromatic rings. The lowest BCUT2D eigenvalue weighted by Crippen LogP contribution is -2.23. The van der Waals surface area contributed by atoms with Crippen LogP contribution in [-0.2, 0) is 14.2 Å². The molecule has 0 amide bonds. The first kappa shape index (κ1) is 18.1. The summed E-state index contributed by atoms with van der Waals surface area (Å²) < 4.78 is 15.5. The van der Waals surface area contributed by atoms with Gasteiger partial charge >= 0.3 is 0 Å². The molecule has 0 saturated carbocycles. The fraction of sp³-hybridized carbons (Fsp3) is 1.00. The monoisotopic (exact) mass is 281 g/mol. The van der Waals surface area contributed by atoms with Crippen molar-refractivity contribution in [2.24, 2.45) is 0 Å². The van der Waals surface area contributed by atoms with Crippen LogP contribution in [0.3, 0.4) is 0 Å². The van der Waals surface area contributed by atoms with Crippen molar-refractivity contribution in [3.8, 4) is 0 Å². The first-order valence-electron chi connectivity index (χ1n) is 6.45. The summed E-state index contributed by atoms with van der Waals surface area (Å²) in [5.41, 5.74) is 0. The topological polar surface area (TPSA) is 60.0 Å². The van der Waals surface area contributed by atoms with Crippen molar-refractivity contribution in [3.05, 3.63) is 0 Å². The average Bonchev–Trinajstić information content (AvgIpc) is 2.39. The largest absolute Gasteiger partial charge is 0.396 e. The van der Waals surface area contributed by atoms with Crippen LogP contribution >= 0.6 is 11.8 Å². The van der Waals surface area contributed by atoms with Gasteiger partial charge in [0, 0.05) is 32.6 Å². The highest BCUT2D eigenvalue weighted by Gasteiger charge is 1.92. The highest BCUT2D eigenvalue weighted by molar-refractivity contribution is 7.99. The van der Waals surface area contributed by atoms with Crippen LogP contribution in [0.1, 0.15) is 6.42 Å². The standard InChI is InChI=1S/C12H27NO4S/c1-15-7-8-17-10-9-16-6-3-13-4-12-18-11-2-5-14/h13-14H,2-12H2,1H3. The van der Waals surface area contributed by atoms with Crippen molar-refractivity contribution in [1.29, 1.82) is 0 Å². The lowest BCUT2D eigenvalue weighted by atomic mass is 10.5. The smallest absolute Gasteiger partial charge is 0.0701 e. The summed E-state index contributed by atoms with van der Waals surface area (Å²) >= 11 is 1.86. The summed E-state index contributed by atoms with van der Waals surface area (Å²) in [4.78, 5) is 0.